The summed E-state index contributed by atoms with van der Waals surface area (Å²) in [5.74, 6) is 0.612. The molecule has 0 aliphatic carbocycles. The van der Waals surface area contributed by atoms with Gasteiger partial charge in [-0.15, -0.1) is 0 Å². The van der Waals surface area contributed by atoms with Crippen LogP contribution in [0.5, 0.6) is 0 Å². The van der Waals surface area contributed by atoms with Crippen LogP contribution in [0.4, 0.5) is 5.95 Å². The maximum absolute atomic E-state index is 11.9. The summed E-state index contributed by atoms with van der Waals surface area (Å²) in [5.41, 5.74) is 1.87. The largest absolute Gasteiger partial charge is 0.367 e. The number of hydrogen-bond acceptors (Lipinski definition) is 5. The van der Waals surface area contributed by atoms with E-state index >= 15 is 0 Å². The van der Waals surface area contributed by atoms with Gasteiger partial charge in [0.2, 0.25) is 11.9 Å². The third-order valence-electron chi connectivity index (χ3n) is 4.15. The molecular formula is C19H24N4O2. The molecule has 0 radical (unpaired) electrons. The van der Waals surface area contributed by atoms with E-state index in [0.29, 0.717) is 13.2 Å². The molecule has 0 atom stereocenters. The van der Waals surface area contributed by atoms with Crippen molar-refractivity contribution in [2.24, 2.45) is 0 Å². The van der Waals surface area contributed by atoms with Crippen LogP contribution in [-0.2, 0) is 22.7 Å². The number of rotatable bonds is 7. The number of piperidine rings is 1. The molecule has 1 aromatic carbocycles. The third kappa shape index (κ3) is 5.53. The van der Waals surface area contributed by atoms with Gasteiger partial charge in [-0.25, -0.2) is 9.97 Å². The van der Waals surface area contributed by atoms with Crippen molar-refractivity contribution in [1.29, 1.82) is 0 Å². The molecule has 1 aromatic heterocycles. The standard InChI is InChI=1S/C19H24N4O2/c24-18(15-25-14-16-7-3-1-4-8-16)21-13-17-9-10-20-19(22-17)23-11-5-2-6-12-23/h1,3-4,7-10H,2,5-6,11-15H2,(H,21,24). The molecule has 6 nitrogen and oxygen atoms in total. The fraction of sp³-hybridized carbons (Fsp3) is 0.421. The van der Waals surface area contributed by atoms with Crippen molar-refractivity contribution in [1.82, 2.24) is 15.3 Å². The lowest BCUT2D eigenvalue weighted by atomic mass is 10.1. The number of benzene rings is 1. The Labute approximate surface area is 148 Å². The van der Waals surface area contributed by atoms with Gasteiger partial charge in [0.1, 0.15) is 6.61 Å². The van der Waals surface area contributed by atoms with E-state index in [4.69, 9.17) is 4.74 Å². The third-order valence-corrected chi connectivity index (χ3v) is 4.15. The van der Waals surface area contributed by atoms with Gasteiger partial charge in [-0.05, 0) is 30.9 Å². The molecule has 2 heterocycles. The van der Waals surface area contributed by atoms with Crippen LogP contribution in [0.2, 0.25) is 0 Å². The monoisotopic (exact) mass is 340 g/mol. The van der Waals surface area contributed by atoms with Crippen molar-refractivity contribution in [3.63, 3.8) is 0 Å². The van der Waals surface area contributed by atoms with Gasteiger partial charge in [0.15, 0.2) is 0 Å². The van der Waals surface area contributed by atoms with E-state index in [-0.39, 0.29) is 12.5 Å². The molecule has 0 saturated carbocycles. The predicted octanol–water partition coefficient (Wildman–Crippen LogP) is 2.30. The van der Waals surface area contributed by atoms with Crippen LogP contribution in [0.1, 0.15) is 30.5 Å². The Bertz CT molecular complexity index is 672. The summed E-state index contributed by atoms with van der Waals surface area (Å²) in [5, 5.41) is 2.84. The van der Waals surface area contributed by atoms with E-state index in [2.05, 4.69) is 20.2 Å². The highest BCUT2D eigenvalue weighted by Crippen LogP contribution is 2.15. The number of hydrogen-bond donors (Lipinski definition) is 1. The van der Waals surface area contributed by atoms with Crippen molar-refractivity contribution in [2.75, 3.05) is 24.6 Å². The molecule has 1 aliphatic rings. The van der Waals surface area contributed by atoms with Gasteiger partial charge in [-0.2, -0.15) is 0 Å². The van der Waals surface area contributed by atoms with Gasteiger partial charge in [0.25, 0.3) is 0 Å². The Morgan fingerprint density at radius 3 is 2.72 bits per heavy atom. The molecule has 1 fully saturated rings. The summed E-state index contributed by atoms with van der Waals surface area (Å²) in [6.07, 6.45) is 5.39. The fourth-order valence-electron chi connectivity index (χ4n) is 2.81. The minimum Gasteiger partial charge on any atom is -0.367 e. The lowest BCUT2D eigenvalue weighted by molar-refractivity contribution is -0.126. The number of amides is 1. The summed E-state index contributed by atoms with van der Waals surface area (Å²) in [6.45, 7) is 2.86. The fourth-order valence-corrected chi connectivity index (χ4v) is 2.81. The molecule has 2 aromatic rings. The van der Waals surface area contributed by atoms with Crippen LogP contribution in [0, 0.1) is 0 Å². The van der Waals surface area contributed by atoms with Crippen molar-refractivity contribution in [3.8, 4) is 0 Å². The zero-order valence-electron chi connectivity index (χ0n) is 14.4. The molecule has 0 spiro atoms. The van der Waals surface area contributed by atoms with E-state index in [1.165, 1.54) is 19.3 Å². The second-order valence-corrected chi connectivity index (χ2v) is 6.15. The predicted molar refractivity (Wildman–Crippen MR) is 96.0 cm³/mol. The summed E-state index contributed by atoms with van der Waals surface area (Å²) < 4.78 is 5.44. The van der Waals surface area contributed by atoms with E-state index in [9.17, 15) is 4.79 Å². The summed E-state index contributed by atoms with van der Waals surface area (Å²) in [4.78, 5) is 23.0. The zero-order chi connectivity index (χ0) is 17.3. The molecular weight excluding hydrogens is 316 g/mol. The number of ether oxygens (including phenoxy) is 1. The number of anilines is 1. The van der Waals surface area contributed by atoms with E-state index in [1.54, 1.807) is 6.20 Å². The Balaban J connectivity index is 1.42. The van der Waals surface area contributed by atoms with Gasteiger partial charge < -0.3 is 15.0 Å². The summed E-state index contributed by atoms with van der Waals surface area (Å²) in [7, 11) is 0. The normalized spacial score (nSPS) is 14.3. The van der Waals surface area contributed by atoms with Crippen LogP contribution in [-0.4, -0.2) is 35.6 Å². The van der Waals surface area contributed by atoms with Crippen LogP contribution < -0.4 is 10.2 Å². The topological polar surface area (TPSA) is 67.3 Å². The Hall–Kier alpha value is -2.47. The number of aromatic nitrogens is 2. The quantitative estimate of drug-likeness (QED) is 0.838. The minimum atomic E-state index is -0.144. The molecule has 0 bridgehead atoms. The van der Waals surface area contributed by atoms with Crippen LogP contribution in [0.3, 0.4) is 0 Å². The smallest absolute Gasteiger partial charge is 0.246 e. The molecule has 1 aliphatic heterocycles. The second-order valence-electron chi connectivity index (χ2n) is 6.15. The molecule has 132 valence electrons. The van der Waals surface area contributed by atoms with Crippen molar-refractivity contribution in [2.45, 2.75) is 32.4 Å². The van der Waals surface area contributed by atoms with Gasteiger partial charge in [-0.1, -0.05) is 30.3 Å². The Kier molecular flexibility index (Phi) is 6.34. The number of carbonyl (C=O) groups is 1. The highest BCUT2D eigenvalue weighted by atomic mass is 16.5. The molecule has 1 amide bonds. The number of nitrogens with zero attached hydrogens (tertiary/aromatic N) is 3. The van der Waals surface area contributed by atoms with Gasteiger partial charge in [0, 0.05) is 19.3 Å². The van der Waals surface area contributed by atoms with Gasteiger partial charge in [-0.3, -0.25) is 4.79 Å². The second kappa shape index (κ2) is 9.13. The highest BCUT2D eigenvalue weighted by Gasteiger charge is 2.13. The van der Waals surface area contributed by atoms with Crippen molar-refractivity contribution < 1.29 is 9.53 Å². The first-order valence-corrected chi connectivity index (χ1v) is 8.76. The molecule has 25 heavy (non-hydrogen) atoms. The maximum Gasteiger partial charge on any atom is 0.246 e. The van der Waals surface area contributed by atoms with E-state index in [0.717, 1.165) is 30.3 Å². The average molecular weight is 340 g/mol. The molecule has 3 rings (SSSR count). The van der Waals surface area contributed by atoms with Crippen LogP contribution >= 0.6 is 0 Å². The Morgan fingerprint density at radius 1 is 1.12 bits per heavy atom. The lowest BCUT2D eigenvalue weighted by Crippen LogP contribution is -2.32. The minimum absolute atomic E-state index is 0.0406. The summed E-state index contributed by atoms with van der Waals surface area (Å²) >= 11 is 0. The first-order chi connectivity index (χ1) is 12.3. The molecule has 1 saturated heterocycles. The molecule has 6 heteroatoms. The Morgan fingerprint density at radius 2 is 1.92 bits per heavy atom. The zero-order valence-corrected chi connectivity index (χ0v) is 14.4. The first-order valence-electron chi connectivity index (χ1n) is 8.76. The first kappa shape index (κ1) is 17.4. The van der Waals surface area contributed by atoms with Gasteiger partial charge >= 0.3 is 0 Å². The highest BCUT2D eigenvalue weighted by molar-refractivity contribution is 5.77. The van der Waals surface area contributed by atoms with Crippen LogP contribution in [0.25, 0.3) is 0 Å². The number of nitrogens with one attached hydrogen (secondary N) is 1. The lowest BCUT2D eigenvalue weighted by Gasteiger charge is -2.26. The van der Waals surface area contributed by atoms with Crippen molar-refractivity contribution in [3.05, 3.63) is 53.9 Å². The van der Waals surface area contributed by atoms with Crippen LogP contribution in [0.15, 0.2) is 42.6 Å². The summed E-state index contributed by atoms with van der Waals surface area (Å²) in [6, 6.07) is 11.6. The average Bonchev–Trinajstić information content (AvgIpc) is 2.68. The van der Waals surface area contributed by atoms with Crippen molar-refractivity contribution >= 4 is 11.9 Å². The molecule has 0 unspecified atom stereocenters. The SMILES string of the molecule is O=C(COCc1ccccc1)NCc1ccnc(N2CCCCC2)n1. The molecule has 1 N–H and O–H groups in total. The van der Waals surface area contributed by atoms with E-state index < -0.39 is 0 Å². The van der Waals surface area contributed by atoms with E-state index in [1.807, 2.05) is 36.4 Å². The number of carbonyl (C=O) groups excluding carboxylic acids is 1. The maximum atomic E-state index is 11.9. The van der Waals surface area contributed by atoms with Gasteiger partial charge in [0.05, 0.1) is 18.8 Å².